The van der Waals surface area contributed by atoms with Gasteiger partial charge in [-0.3, -0.25) is 4.90 Å². The molecule has 0 N–H and O–H groups in total. The van der Waals surface area contributed by atoms with Crippen molar-refractivity contribution in [3.63, 3.8) is 0 Å². The number of carbonyl (C=O) groups is 2. The lowest BCUT2D eigenvalue weighted by Crippen LogP contribution is -2.39. The number of anilines is 2. The number of nitrogens with zero attached hydrogens (tertiary/aromatic N) is 4. The van der Waals surface area contributed by atoms with Crippen LogP contribution in [0.4, 0.5) is 21.0 Å². The summed E-state index contributed by atoms with van der Waals surface area (Å²) in [6.45, 7) is 5.38. The van der Waals surface area contributed by atoms with Gasteiger partial charge in [0, 0.05) is 31.9 Å². The summed E-state index contributed by atoms with van der Waals surface area (Å²) < 4.78 is 6.54. The minimum absolute atomic E-state index is 0.143. The van der Waals surface area contributed by atoms with Gasteiger partial charge in [-0.05, 0) is 31.0 Å². The number of rotatable bonds is 7. The van der Waals surface area contributed by atoms with Crippen LogP contribution in [-0.2, 0) is 0 Å². The zero-order chi connectivity index (χ0) is 20.5. The van der Waals surface area contributed by atoms with E-state index < -0.39 is 6.09 Å². The SMILES string of the molecule is CCCN(CCC)C(=O)N(S)c1ccc(OC(=O)N(C)c2ccccc2)nc1. The average molecular weight is 403 g/mol. The highest BCUT2D eigenvalue weighted by Gasteiger charge is 2.20. The van der Waals surface area contributed by atoms with Crippen LogP contribution in [0.3, 0.4) is 0 Å². The van der Waals surface area contributed by atoms with Gasteiger partial charge in [-0.1, -0.05) is 44.9 Å². The van der Waals surface area contributed by atoms with E-state index in [9.17, 15) is 9.59 Å². The number of urea groups is 1. The molecule has 0 bridgehead atoms. The van der Waals surface area contributed by atoms with Gasteiger partial charge in [-0.2, -0.15) is 0 Å². The normalized spacial score (nSPS) is 10.3. The summed E-state index contributed by atoms with van der Waals surface area (Å²) in [4.78, 5) is 32.1. The number of thiol groups is 1. The van der Waals surface area contributed by atoms with Crippen molar-refractivity contribution in [3.05, 3.63) is 48.7 Å². The van der Waals surface area contributed by atoms with Gasteiger partial charge in [0.15, 0.2) is 0 Å². The maximum Gasteiger partial charge on any atom is 0.420 e. The Labute approximate surface area is 171 Å². The summed E-state index contributed by atoms with van der Waals surface area (Å²) in [5.74, 6) is 0.143. The molecule has 0 saturated carbocycles. The second kappa shape index (κ2) is 10.6. The predicted octanol–water partition coefficient (Wildman–Crippen LogP) is 4.61. The smallest absolute Gasteiger partial charge is 0.391 e. The molecular formula is C20H26N4O3S. The number of hydrogen-bond acceptors (Lipinski definition) is 5. The molecule has 2 aromatic rings. The Morgan fingerprint density at radius 3 is 2.18 bits per heavy atom. The lowest BCUT2D eigenvalue weighted by atomic mass is 10.3. The van der Waals surface area contributed by atoms with Gasteiger partial charge < -0.3 is 9.64 Å². The predicted molar refractivity (Wildman–Crippen MR) is 114 cm³/mol. The molecule has 2 rings (SSSR count). The van der Waals surface area contributed by atoms with Gasteiger partial charge in [-0.25, -0.2) is 18.9 Å². The Bertz CT molecular complexity index is 765. The van der Waals surface area contributed by atoms with Gasteiger partial charge >= 0.3 is 12.1 Å². The molecule has 0 saturated heterocycles. The Kier molecular flexibility index (Phi) is 8.13. The first-order valence-corrected chi connectivity index (χ1v) is 9.62. The fraction of sp³-hybridized carbons (Fsp3) is 0.350. The molecular weight excluding hydrogens is 376 g/mol. The second-order valence-electron chi connectivity index (χ2n) is 6.20. The number of pyridine rings is 1. The van der Waals surface area contributed by atoms with Crippen molar-refractivity contribution in [1.82, 2.24) is 9.88 Å². The van der Waals surface area contributed by atoms with Crippen molar-refractivity contribution >= 4 is 36.3 Å². The van der Waals surface area contributed by atoms with Crippen LogP contribution in [0.15, 0.2) is 48.7 Å². The molecule has 28 heavy (non-hydrogen) atoms. The Hall–Kier alpha value is -2.74. The summed E-state index contributed by atoms with van der Waals surface area (Å²) in [6.07, 6.45) is 2.64. The molecule has 8 heteroatoms. The van der Waals surface area contributed by atoms with Gasteiger partial charge in [0.2, 0.25) is 5.88 Å². The minimum atomic E-state index is -0.553. The molecule has 0 unspecified atom stereocenters. The lowest BCUT2D eigenvalue weighted by Gasteiger charge is -2.26. The molecule has 1 aromatic heterocycles. The standard InChI is InChI=1S/C20H26N4O3S/c1-4-13-23(14-5-2)19(25)24(28)17-11-12-18(21-15-17)27-20(26)22(3)16-9-7-6-8-10-16/h6-12,15,28H,4-5,13-14H2,1-3H3. The highest BCUT2D eigenvalue weighted by molar-refractivity contribution is 7.82. The molecule has 7 nitrogen and oxygen atoms in total. The largest absolute Gasteiger partial charge is 0.420 e. The fourth-order valence-electron chi connectivity index (χ4n) is 2.56. The molecule has 0 spiro atoms. The van der Waals surface area contributed by atoms with Gasteiger partial charge in [-0.15, -0.1) is 0 Å². The summed E-state index contributed by atoms with van der Waals surface area (Å²) in [5, 5.41) is 0. The van der Waals surface area contributed by atoms with E-state index in [-0.39, 0.29) is 11.9 Å². The maximum atomic E-state index is 12.6. The molecule has 0 aliphatic carbocycles. The highest BCUT2D eigenvalue weighted by atomic mass is 32.1. The zero-order valence-corrected chi connectivity index (χ0v) is 17.3. The first-order valence-electron chi connectivity index (χ1n) is 9.22. The Morgan fingerprint density at radius 1 is 1.00 bits per heavy atom. The third-order valence-corrected chi connectivity index (χ3v) is 4.42. The van der Waals surface area contributed by atoms with Crippen LogP contribution in [-0.4, -0.2) is 42.1 Å². The van der Waals surface area contributed by atoms with Crippen molar-refractivity contribution in [1.29, 1.82) is 0 Å². The molecule has 1 aromatic carbocycles. The van der Waals surface area contributed by atoms with Crippen molar-refractivity contribution < 1.29 is 14.3 Å². The monoisotopic (exact) mass is 402 g/mol. The minimum Gasteiger partial charge on any atom is -0.391 e. The molecule has 1 heterocycles. The molecule has 0 aliphatic heterocycles. The number of carbonyl (C=O) groups excluding carboxylic acids is 2. The van der Waals surface area contributed by atoms with E-state index in [0.717, 1.165) is 12.8 Å². The Morgan fingerprint density at radius 2 is 1.64 bits per heavy atom. The molecule has 0 aliphatic rings. The van der Waals surface area contributed by atoms with E-state index in [1.807, 2.05) is 32.0 Å². The van der Waals surface area contributed by atoms with Crippen molar-refractivity contribution in [3.8, 4) is 5.88 Å². The molecule has 0 fully saturated rings. The van der Waals surface area contributed by atoms with Crippen molar-refractivity contribution in [2.45, 2.75) is 26.7 Å². The van der Waals surface area contributed by atoms with Crippen LogP contribution in [0.1, 0.15) is 26.7 Å². The van der Waals surface area contributed by atoms with E-state index >= 15 is 0 Å². The number of para-hydroxylation sites is 1. The molecule has 0 atom stereocenters. The molecule has 150 valence electrons. The third kappa shape index (κ3) is 5.63. The second-order valence-corrected chi connectivity index (χ2v) is 6.60. The van der Waals surface area contributed by atoms with Crippen LogP contribution in [0, 0.1) is 0 Å². The summed E-state index contributed by atoms with van der Waals surface area (Å²) in [6, 6.07) is 12.1. The van der Waals surface area contributed by atoms with E-state index in [1.54, 1.807) is 30.1 Å². The highest BCUT2D eigenvalue weighted by Crippen LogP contribution is 2.21. The number of benzene rings is 1. The van der Waals surface area contributed by atoms with Crippen LogP contribution in [0.25, 0.3) is 0 Å². The number of amides is 3. The lowest BCUT2D eigenvalue weighted by molar-refractivity contribution is 0.206. The first kappa shape index (κ1) is 21.6. The average Bonchev–Trinajstić information content (AvgIpc) is 2.73. The van der Waals surface area contributed by atoms with Crippen molar-refractivity contribution in [2.24, 2.45) is 0 Å². The van der Waals surface area contributed by atoms with Crippen molar-refractivity contribution in [2.75, 3.05) is 29.3 Å². The summed E-state index contributed by atoms with van der Waals surface area (Å²) in [5.41, 5.74) is 1.21. The third-order valence-electron chi connectivity index (χ3n) is 4.01. The molecule has 3 amide bonds. The van der Waals surface area contributed by atoms with E-state index in [1.165, 1.54) is 21.5 Å². The summed E-state index contributed by atoms with van der Waals surface area (Å²) >= 11 is 4.31. The van der Waals surface area contributed by atoms with Crippen LogP contribution in [0.2, 0.25) is 0 Å². The van der Waals surface area contributed by atoms with Gasteiger partial charge in [0.25, 0.3) is 0 Å². The summed E-state index contributed by atoms with van der Waals surface area (Å²) in [7, 11) is 1.62. The zero-order valence-electron chi connectivity index (χ0n) is 16.4. The first-order chi connectivity index (χ1) is 13.5. The number of aromatic nitrogens is 1. The van der Waals surface area contributed by atoms with Gasteiger partial charge in [0.05, 0.1) is 11.9 Å². The van der Waals surface area contributed by atoms with Crippen LogP contribution < -0.4 is 13.9 Å². The number of ether oxygens (including phenoxy) is 1. The molecule has 0 radical (unpaired) electrons. The quantitative estimate of drug-likeness (QED) is 0.687. The van der Waals surface area contributed by atoms with Gasteiger partial charge in [0.1, 0.15) is 0 Å². The fourth-order valence-corrected chi connectivity index (χ4v) is 2.81. The topological polar surface area (TPSA) is 66.0 Å². The van der Waals surface area contributed by atoms with E-state index in [2.05, 4.69) is 17.8 Å². The van der Waals surface area contributed by atoms with Crippen LogP contribution in [0.5, 0.6) is 5.88 Å². The Balaban J connectivity index is 2.02. The number of hydrogen-bond donors (Lipinski definition) is 1. The van der Waals surface area contributed by atoms with E-state index in [4.69, 9.17) is 4.74 Å². The maximum absolute atomic E-state index is 12.6. The van der Waals surface area contributed by atoms with Crippen LogP contribution >= 0.6 is 12.8 Å². The van der Waals surface area contributed by atoms with E-state index in [0.29, 0.717) is 24.5 Å².